The van der Waals surface area contributed by atoms with Gasteiger partial charge in [-0.3, -0.25) is 14.3 Å². The normalized spacial score (nSPS) is 11.6. The number of pyridine rings is 1. The average Bonchev–Trinajstić information content (AvgIpc) is 3.30. The Bertz CT molecular complexity index is 1180. The van der Waals surface area contributed by atoms with Gasteiger partial charge in [0.1, 0.15) is 11.5 Å². The molecule has 148 valence electrons. The van der Waals surface area contributed by atoms with Gasteiger partial charge in [-0.2, -0.15) is 18.3 Å². The van der Waals surface area contributed by atoms with Gasteiger partial charge in [0.2, 0.25) is 0 Å². The SMILES string of the molecule is O=C(Nc1ccc(Nc2cccc3nc(C(F)(F)F)cn23)cc1)c1c[nH]nc1Cl. The van der Waals surface area contributed by atoms with Crippen LogP contribution < -0.4 is 10.6 Å². The minimum atomic E-state index is -4.53. The molecular weight excluding hydrogens is 409 g/mol. The van der Waals surface area contributed by atoms with Crippen LogP contribution in [-0.4, -0.2) is 25.5 Å². The van der Waals surface area contributed by atoms with Crippen LogP contribution in [0.25, 0.3) is 5.65 Å². The van der Waals surface area contributed by atoms with Gasteiger partial charge in [-0.1, -0.05) is 17.7 Å². The highest BCUT2D eigenvalue weighted by molar-refractivity contribution is 6.33. The Balaban J connectivity index is 1.53. The lowest BCUT2D eigenvalue weighted by molar-refractivity contribution is -0.140. The van der Waals surface area contributed by atoms with E-state index in [1.54, 1.807) is 36.4 Å². The van der Waals surface area contributed by atoms with E-state index in [9.17, 15) is 18.0 Å². The van der Waals surface area contributed by atoms with Gasteiger partial charge in [-0.05, 0) is 36.4 Å². The number of imidazole rings is 1. The second kappa shape index (κ2) is 7.13. The van der Waals surface area contributed by atoms with E-state index < -0.39 is 17.8 Å². The molecule has 3 aromatic heterocycles. The molecule has 0 radical (unpaired) electrons. The van der Waals surface area contributed by atoms with Gasteiger partial charge in [0.05, 0.1) is 5.56 Å². The molecule has 11 heteroatoms. The first-order valence-corrected chi connectivity index (χ1v) is 8.62. The van der Waals surface area contributed by atoms with Crippen LogP contribution in [0.3, 0.4) is 0 Å². The first-order valence-electron chi connectivity index (χ1n) is 8.24. The quantitative estimate of drug-likeness (QED) is 0.445. The van der Waals surface area contributed by atoms with Crippen molar-refractivity contribution in [3.63, 3.8) is 0 Å². The molecule has 0 saturated carbocycles. The molecule has 7 nitrogen and oxygen atoms in total. The molecule has 0 aliphatic rings. The fraction of sp³-hybridized carbons (Fsp3) is 0.0556. The Hall–Kier alpha value is -3.53. The van der Waals surface area contributed by atoms with Crippen molar-refractivity contribution >= 4 is 40.3 Å². The number of fused-ring (bicyclic) bond motifs is 1. The topological polar surface area (TPSA) is 87.1 Å². The van der Waals surface area contributed by atoms with Crippen LogP contribution in [0.4, 0.5) is 30.4 Å². The molecule has 0 bridgehead atoms. The van der Waals surface area contributed by atoms with Crippen molar-refractivity contribution in [3.05, 3.63) is 71.3 Å². The number of halogens is 4. The highest BCUT2D eigenvalue weighted by Crippen LogP contribution is 2.30. The summed E-state index contributed by atoms with van der Waals surface area (Å²) in [5.41, 5.74) is 0.532. The molecule has 1 aromatic carbocycles. The molecule has 3 N–H and O–H groups in total. The third-order valence-electron chi connectivity index (χ3n) is 4.04. The lowest BCUT2D eigenvalue weighted by Gasteiger charge is -2.10. The Morgan fingerprint density at radius 1 is 1.10 bits per heavy atom. The molecule has 0 aliphatic carbocycles. The summed E-state index contributed by atoms with van der Waals surface area (Å²) in [6.45, 7) is 0. The average molecular weight is 421 g/mol. The lowest BCUT2D eigenvalue weighted by Crippen LogP contribution is -2.11. The van der Waals surface area contributed by atoms with Crippen molar-refractivity contribution in [2.45, 2.75) is 6.18 Å². The van der Waals surface area contributed by atoms with E-state index in [4.69, 9.17) is 11.6 Å². The first kappa shape index (κ1) is 18.8. The van der Waals surface area contributed by atoms with Crippen molar-refractivity contribution in [1.82, 2.24) is 19.6 Å². The van der Waals surface area contributed by atoms with Gasteiger partial charge in [-0.25, -0.2) is 4.98 Å². The molecule has 0 saturated heterocycles. The zero-order valence-electron chi connectivity index (χ0n) is 14.5. The van der Waals surface area contributed by atoms with E-state index in [1.807, 2.05) is 0 Å². The van der Waals surface area contributed by atoms with Crippen molar-refractivity contribution in [2.75, 3.05) is 10.6 Å². The minimum absolute atomic E-state index is 0.0624. The highest BCUT2D eigenvalue weighted by atomic mass is 35.5. The van der Waals surface area contributed by atoms with Crippen molar-refractivity contribution in [1.29, 1.82) is 0 Å². The molecule has 0 unspecified atom stereocenters. The summed E-state index contributed by atoms with van der Waals surface area (Å²) in [6.07, 6.45) is -2.21. The summed E-state index contributed by atoms with van der Waals surface area (Å²) >= 11 is 5.80. The largest absolute Gasteiger partial charge is 0.434 e. The molecule has 4 rings (SSSR count). The van der Waals surface area contributed by atoms with Gasteiger partial charge in [0, 0.05) is 23.8 Å². The van der Waals surface area contributed by atoms with Crippen LogP contribution in [-0.2, 0) is 6.18 Å². The van der Waals surface area contributed by atoms with Gasteiger partial charge in [0.25, 0.3) is 5.91 Å². The maximum absolute atomic E-state index is 12.9. The van der Waals surface area contributed by atoms with Crippen molar-refractivity contribution < 1.29 is 18.0 Å². The van der Waals surface area contributed by atoms with Crippen LogP contribution in [0, 0.1) is 0 Å². The maximum Gasteiger partial charge on any atom is 0.434 e. The fourth-order valence-electron chi connectivity index (χ4n) is 2.66. The molecule has 0 spiro atoms. The number of aromatic amines is 1. The summed E-state index contributed by atoms with van der Waals surface area (Å²) in [6, 6.07) is 11.4. The second-order valence-corrected chi connectivity index (χ2v) is 6.37. The van der Waals surface area contributed by atoms with Crippen LogP contribution in [0.1, 0.15) is 16.1 Å². The van der Waals surface area contributed by atoms with Gasteiger partial charge < -0.3 is 10.6 Å². The summed E-state index contributed by atoms with van der Waals surface area (Å²) in [5, 5.41) is 11.9. The zero-order valence-corrected chi connectivity index (χ0v) is 15.2. The predicted octanol–water partition coefficient (Wildman–Crippen LogP) is 4.73. The fourth-order valence-corrected chi connectivity index (χ4v) is 2.85. The number of anilines is 3. The first-order chi connectivity index (χ1) is 13.8. The van der Waals surface area contributed by atoms with Gasteiger partial charge in [-0.15, -0.1) is 0 Å². The minimum Gasteiger partial charge on any atom is -0.341 e. The smallest absolute Gasteiger partial charge is 0.341 e. The number of alkyl halides is 3. The van der Waals surface area contributed by atoms with Crippen LogP contribution >= 0.6 is 11.6 Å². The van der Waals surface area contributed by atoms with Crippen molar-refractivity contribution in [3.8, 4) is 0 Å². The number of hydrogen-bond donors (Lipinski definition) is 3. The third-order valence-corrected chi connectivity index (χ3v) is 4.32. The number of carbonyl (C=O) groups is 1. The number of hydrogen-bond acceptors (Lipinski definition) is 4. The predicted molar refractivity (Wildman–Crippen MR) is 101 cm³/mol. The highest BCUT2D eigenvalue weighted by Gasteiger charge is 2.34. The van der Waals surface area contributed by atoms with Crippen molar-refractivity contribution in [2.24, 2.45) is 0 Å². The zero-order chi connectivity index (χ0) is 20.6. The summed E-state index contributed by atoms with van der Waals surface area (Å²) < 4.78 is 40.1. The number of aromatic nitrogens is 4. The molecule has 0 atom stereocenters. The summed E-state index contributed by atoms with van der Waals surface area (Å²) in [4.78, 5) is 15.7. The number of benzene rings is 1. The van der Waals surface area contributed by atoms with E-state index in [0.29, 0.717) is 17.2 Å². The molecule has 4 aromatic rings. The lowest BCUT2D eigenvalue weighted by atomic mass is 10.2. The van der Waals surface area contributed by atoms with E-state index in [2.05, 4.69) is 25.8 Å². The molecule has 0 aliphatic heterocycles. The summed E-state index contributed by atoms with van der Waals surface area (Å²) in [5.74, 6) is -0.0141. The van der Waals surface area contributed by atoms with E-state index in [0.717, 1.165) is 6.20 Å². The second-order valence-electron chi connectivity index (χ2n) is 6.01. The van der Waals surface area contributed by atoms with E-state index in [-0.39, 0.29) is 16.4 Å². The number of rotatable bonds is 4. The van der Waals surface area contributed by atoms with Gasteiger partial charge in [0.15, 0.2) is 10.8 Å². The number of H-pyrrole nitrogens is 1. The van der Waals surface area contributed by atoms with E-state index >= 15 is 0 Å². The van der Waals surface area contributed by atoms with Crippen LogP contribution in [0.15, 0.2) is 54.9 Å². The van der Waals surface area contributed by atoms with Crippen LogP contribution in [0.5, 0.6) is 0 Å². The summed E-state index contributed by atoms with van der Waals surface area (Å²) in [7, 11) is 0. The molecule has 3 heterocycles. The Morgan fingerprint density at radius 3 is 2.48 bits per heavy atom. The monoisotopic (exact) mass is 420 g/mol. The number of amides is 1. The molecular formula is C18H12ClF3N6O. The van der Waals surface area contributed by atoms with E-state index in [1.165, 1.54) is 16.7 Å². The Labute approximate surface area is 166 Å². The van der Waals surface area contributed by atoms with Crippen LogP contribution in [0.2, 0.25) is 5.15 Å². The standard InChI is InChI=1S/C18H12ClF3N6O/c19-16-12(8-23-27-16)17(29)25-11-6-4-10(5-7-11)24-14-2-1-3-15-26-13(9-28(14)15)18(20,21)22/h1-9,24H,(H,23,27)(H,25,29). The third kappa shape index (κ3) is 3.87. The number of carbonyl (C=O) groups excluding carboxylic acids is 1. The molecule has 0 fully saturated rings. The Kier molecular flexibility index (Phi) is 4.63. The number of nitrogens with one attached hydrogen (secondary N) is 3. The van der Waals surface area contributed by atoms with Gasteiger partial charge >= 0.3 is 6.18 Å². The molecule has 29 heavy (non-hydrogen) atoms. The Morgan fingerprint density at radius 2 is 1.83 bits per heavy atom. The molecule has 1 amide bonds. The number of nitrogens with zero attached hydrogens (tertiary/aromatic N) is 3. The maximum atomic E-state index is 12.9.